The van der Waals surface area contributed by atoms with Gasteiger partial charge in [0.2, 0.25) is 5.91 Å². The molecule has 0 radical (unpaired) electrons. The number of carbonyl (C=O) groups is 1. The van der Waals surface area contributed by atoms with Gasteiger partial charge in [-0.3, -0.25) is 4.79 Å². The summed E-state index contributed by atoms with van der Waals surface area (Å²) >= 11 is 0. The van der Waals surface area contributed by atoms with Crippen molar-refractivity contribution in [2.24, 2.45) is 17.8 Å². The highest BCUT2D eigenvalue weighted by molar-refractivity contribution is 5.84. The molecule has 1 amide bonds. The van der Waals surface area contributed by atoms with E-state index in [4.69, 9.17) is 0 Å². The van der Waals surface area contributed by atoms with Crippen molar-refractivity contribution in [1.82, 2.24) is 10.6 Å². The maximum Gasteiger partial charge on any atom is 0.224 e. The molecule has 2 aliphatic carbocycles. The van der Waals surface area contributed by atoms with Crippen molar-refractivity contribution in [2.75, 3.05) is 20.1 Å². The summed E-state index contributed by atoms with van der Waals surface area (Å²) in [5.41, 5.74) is 2.87. The van der Waals surface area contributed by atoms with Crippen LogP contribution in [0.3, 0.4) is 0 Å². The molecule has 2 aliphatic rings. The van der Waals surface area contributed by atoms with E-state index in [1.807, 2.05) is 7.05 Å². The summed E-state index contributed by atoms with van der Waals surface area (Å²) in [6.45, 7) is 3.88. The predicted molar refractivity (Wildman–Crippen MR) is 80.6 cm³/mol. The molecule has 0 aromatic heterocycles. The van der Waals surface area contributed by atoms with Gasteiger partial charge < -0.3 is 10.6 Å². The zero-order valence-corrected chi connectivity index (χ0v) is 12.4. The highest BCUT2D eigenvalue weighted by Gasteiger charge is 2.56. The molecular formula is C17H24N2O. The molecule has 0 heterocycles. The fraction of sp³-hybridized carbons (Fsp3) is 0.588. The lowest BCUT2D eigenvalue weighted by molar-refractivity contribution is -0.122. The number of fused-ring (bicyclic) bond motifs is 3. The summed E-state index contributed by atoms with van der Waals surface area (Å²) in [5.74, 6) is 2.04. The Labute approximate surface area is 121 Å². The van der Waals surface area contributed by atoms with E-state index < -0.39 is 0 Å². The molecule has 3 nitrogen and oxygen atoms in total. The summed E-state index contributed by atoms with van der Waals surface area (Å²) < 4.78 is 0. The number of benzene rings is 1. The topological polar surface area (TPSA) is 41.1 Å². The van der Waals surface area contributed by atoms with Crippen LogP contribution in [0.15, 0.2) is 24.3 Å². The van der Waals surface area contributed by atoms with Crippen LogP contribution in [0.5, 0.6) is 0 Å². The largest absolute Gasteiger partial charge is 0.356 e. The average molecular weight is 272 g/mol. The Balaban J connectivity index is 1.60. The van der Waals surface area contributed by atoms with E-state index in [9.17, 15) is 4.79 Å². The van der Waals surface area contributed by atoms with Crippen LogP contribution < -0.4 is 10.6 Å². The van der Waals surface area contributed by atoms with Gasteiger partial charge in [-0.15, -0.1) is 0 Å². The molecule has 0 saturated heterocycles. The van der Waals surface area contributed by atoms with Crippen LogP contribution in [0.4, 0.5) is 0 Å². The van der Waals surface area contributed by atoms with Crippen molar-refractivity contribution >= 4 is 5.91 Å². The number of carbonyl (C=O) groups excluding carboxylic acids is 1. The summed E-state index contributed by atoms with van der Waals surface area (Å²) in [7, 11) is 1.95. The number of amides is 1. The Morgan fingerprint density at radius 3 is 2.95 bits per heavy atom. The van der Waals surface area contributed by atoms with E-state index in [-0.39, 0.29) is 11.8 Å². The van der Waals surface area contributed by atoms with Gasteiger partial charge in [0, 0.05) is 12.5 Å². The van der Waals surface area contributed by atoms with Crippen LogP contribution in [-0.4, -0.2) is 26.0 Å². The summed E-state index contributed by atoms with van der Waals surface area (Å²) in [4.78, 5) is 12.4. The smallest absolute Gasteiger partial charge is 0.224 e. The maximum absolute atomic E-state index is 12.4. The molecule has 4 unspecified atom stereocenters. The van der Waals surface area contributed by atoms with Crippen LogP contribution in [0.25, 0.3) is 0 Å². The zero-order valence-electron chi connectivity index (χ0n) is 12.4. The van der Waals surface area contributed by atoms with Crippen LogP contribution in [-0.2, 0) is 11.2 Å². The molecule has 0 spiro atoms. The first-order chi connectivity index (χ1) is 9.72. The lowest BCUT2D eigenvalue weighted by atomic mass is 9.92. The van der Waals surface area contributed by atoms with Gasteiger partial charge in [0.15, 0.2) is 0 Å². The number of hydrogen-bond acceptors (Lipinski definition) is 2. The number of aryl methyl sites for hydroxylation is 1. The van der Waals surface area contributed by atoms with Crippen LogP contribution in [0.1, 0.15) is 30.4 Å². The molecule has 0 bridgehead atoms. The third kappa shape index (κ3) is 2.47. The molecule has 3 heteroatoms. The number of rotatable bonds is 5. The Morgan fingerprint density at radius 1 is 1.35 bits per heavy atom. The third-order valence-electron chi connectivity index (χ3n) is 4.81. The van der Waals surface area contributed by atoms with E-state index in [1.54, 1.807) is 0 Å². The van der Waals surface area contributed by atoms with Gasteiger partial charge in [0.25, 0.3) is 0 Å². The van der Waals surface area contributed by atoms with Crippen molar-refractivity contribution in [2.45, 2.75) is 25.7 Å². The molecule has 1 fully saturated rings. The van der Waals surface area contributed by atoms with Crippen molar-refractivity contribution in [3.05, 3.63) is 35.4 Å². The van der Waals surface area contributed by atoms with E-state index in [0.29, 0.717) is 17.8 Å². The van der Waals surface area contributed by atoms with Crippen LogP contribution >= 0.6 is 0 Å². The molecule has 4 atom stereocenters. The molecule has 1 aromatic rings. The molecule has 108 valence electrons. The molecule has 1 aromatic carbocycles. The summed E-state index contributed by atoms with van der Waals surface area (Å²) in [6, 6.07) is 8.64. The minimum atomic E-state index is 0.223. The van der Waals surface area contributed by atoms with Gasteiger partial charge in [0.1, 0.15) is 0 Å². The molecule has 0 aliphatic heterocycles. The summed E-state index contributed by atoms with van der Waals surface area (Å²) in [6.07, 6.45) is 2.31. The molecule has 1 saturated carbocycles. The number of hydrogen-bond donors (Lipinski definition) is 2. The van der Waals surface area contributed by atoms with Gasteiger partial charge in [-0.25, -0.2) is 0 Å². The standard InChI is InChI=1S/C17H24N2O/c1-11(9-18-2)10-19-17(20)16-14-8-7-12-5-3-4-6-13(12)15(14)16/h3-6,11,14-16,18H,7-10H2,1-2H3,(H,19,20). The van der Waals surface area contributed by atoms with Crippen molar-refractivity contribution in [1.29, 1.82) is 0 Å². The molecule has 20 heavy (non-hydrogen) atoms. The fourth-order valence-corrected chi connectivity index (χ4v) is 3.74. The van der Waals surface area contributed by atoms with Gasteiger partial charge in [-0.05, 0) is 55.3 Å². The van der Waals surface area contributed by atoms with E-state index in [2.05, 4.69) is 41.8 Å². The minimum Gasteiger partial charge on any atom is -0.356 e. The predicted octanol–water partition coefficient (Wildman–Crippen LogP) is 1.93. The highest BCUT2D eigenvalue weighted by Crippen LogP contribution is 2.59. The first kappa shape index (κ1) is 13.6. The van der Waals surface area contributed by atoms with Crippen molar-refractivity contribution < 1.29 is 4.79 Å². The molecule has 3 rings (SSSR count). The first-order valence-corrected chi connectivity index (χ1v) is 7.72. The van der Waals surface area contributed by atoms with Crippen LogP contribution in [0.2, 0.25) is 0 Å². The van der Waals surface area contributed by atoms with Gasteiger partial charge in [0.05, 0.1) is 0 Å². The van der Waals surface area contributed by atoms with Gasteiger partial charge in [-0.1, -0.05) is 31.2 Å². The second-order valence-electron chi connectivity index (χ2n) is 6.36. The first-order valence-electron chi connectivity index (χ1n) is 7.72. The average Bonchev–Trinajstić information content (AvgIpc) is 3.20. The Bertz CT molecular complexity index is 500. The highest BCUT2D eigenvalue weighted by atomic mass is 16.2. The SMILES string of the molecule is CNCC(C)CNC(=O)C1C2CCc3ccccc3C21. The molecule has 2 N–H and O–H groups in total. The lowest BCUT2D eigenvalue weighted by Gasteiger charge is -2.13. The Hall–Kier alpha value is -1.35. The minimum absolute atomic E-state index is 0.223. The third-order valence-corrected chi connectivity index (χ3v) is 4.81. The second kappa shape index (κ2) is 5.57. The quantitative estimate of drug-likeness (QED) is 0.860. The zero-order chi connectivity index (χ0) is 14.1. The van der Waals surface area contributed by atoms with Gasteiger partial charge >= 0.3 is 0 Å². The normalized spacial score (nSPS) is 28.2. The fourth-order valence-electron chi connectivity index (χ4n) is 3.74. The van der Waals surface area contributed by atoms with Crippen molar-refractivity contribution in [3.8, 4) is 0 Å². The lowest BCUT2D eigenvalue weighted by Crippen LogP contribution is -2.33. The van der Waals surface area contributed by atoms with E-state index in [0.717, 1.165) is 19.5 Å². The Morgan fingerprint density at radius 2 is 2.15 bits per heavy atom. The van der Waals surface area contributed by atoms with Gasteiger partial charge in [-0.2, -0.15) is 0 Å². The Kier molecular flexibility index (Phi) is 3.79. The van der Waals surface area contributed by atoms with Crippen LogP contribution in [0, 0.1) is 17.8 Å². The van der Waals surface area contributed by atoms with Crippen molar-refractivity contribution in [3.63, 3.8) is 0 Å². The monoisotopic (exact) mass is 272 g/mol. The number of nitrogens with one attached hydrogen (secondary N) is 2. The molecular weight excluding hydrogens is 248 g/mol. The van der Waals surface area contributed by atoms with E-state index >= 15 is 0 Å². The second-order valence-corrected chi connectivity index (χ2v) is 6.36. The van der Waals surface area contributed by atoms with E-state index in [1.165, 1.54) is 17.5 Å². The maximum atomic E-state index is 12.4. The summed E-state index contributed by atoms with van der Waals surface area (Å²) in [5, 5.41) is 6.29.